The molecule has 0 atom stereocenters. The number of hydrogen-bond acceptors (Lipinski definition) is 0. The highest BCUT2D eigenvalue weighted by atomic mass is 28.3. The van der Waals surface area contributed by atoms with E-state index in [1.165, 1.54) is 68.1 Å². The SMILES string of the molecule is CCC[Si](C)(C1=Cc2c(cccc2-c2ccccc2C)C1)C1=Cc2c(cccc2-c2ccccc2C)C1. The second-order valence-corrected chi connectivity index (χ2v) is 15.6. The first-order valence-electron chi connectivity index (χ1n) is 13.8. The molecule has 1 heteroatoms. The highest BCUT2D eigenvalue weighted by Gasteiger charge is 2.39. The van der Waals surface area contributed by atoms with E-state index < -0.39 is 8.07 Å². The van der Waals surface area contributed by atoms with Crippen LogP contribution in [0.5, 0.6) is 0 Å². The summed E-state index contributed by atoms with van der Waals surface area (Å²) in [5, 5.41) is 3.42. The molecular weight excluding hydrogens is 460 g/mol. The average Bonchev–Trinajstić information content (AvgIpc) is 3.55. The van der Waals surface area contributed by atoms with Gasteiger partial charge in [0.2, 0.25) is 0 Å². The van der Waals surface area contributed by atoms with E-state index in [9.17, 15) is 0 Å². The molecule has 0 fully saturated rings. The maximum atomic E-state index is 2.65. The third-order valence-corrected chi connectivity index (χ3v) is 13.8. The molecule has 0 saturated heterocycles. The fraction of sp³-hybridized carbons (Fsp3) is 0.222. The molecule has 6 rings (SSSR count). The van der Waals surface area contributed by atoms with Crippen LogP contribution in [0.4, 0.5) is 0 Å². The van der Waals surface area contributed by atoms with E-state index in [1.807, 2.05) is 0 Å². The summed E-state index contributed by atoms with van der Waals surface area (Å²) >= 11 is 0. The molecule has 0 nitrogen and oxygen atoms in total. The molecule has 184 valence electrons. The van der Waals surface area contributed by atoms with Crippen molar-refractivity contribution in [1.82, 2.24) is 0 Å². The van der Waals surface area contributed by atoms with E-state index in [1.54, 1.807) is 10.4 Å². The molecule has 0 saturated carbocycles. The third-order valence-electron chi connectivity index (χ3n) is 8.83. The summed E-state index contributed by atoms with van der Waals surface area (Å²) in [5.74, 6) is 0. The molecule has 0 unspecified atom stereocenters. The van der Waals surface area contributed by atoms with Crippen molar-refractivity contribution in [3.8, 4) is 22.3 Å². The predicted molar refractivity (Wildman–Crippen MR) is 163 cm³/mol. The van der Waals surface area contributed by atoms with Gasteiger partial charge in [-0.3, -0.25) is 0 Å². The van der Waals surface area contributed by atoms with Gasteiger partial charge in [-0.2, -0.15) is 0 Å². The largest absolute Gasteiger partial charge is 0.106 e. The van der Waals surface area contributed by atoms with Gasteiger partial charge in [0.1, 0.15) is 8.07 Å². The van der Waals surface area contributed by atoms with Crippen LogP contribution in [0.1, 0.15) is 46.7 Å². The van der Waals surface area contributed by atoms with Gasteiger partial charge in [-0.15, -0.1) is 0 Å². The fourth-order valence-corrected chi connectivity index (χ4v) is 10.8. The van der Waals surface area contributed by atoms with E-state index in [-0.39, 0.29) is 0 Å². The van der Waals surface area contributed by atoms with Crippen molar-refractivity contribution in [1.29, 1.82) is 0 Å². The maximum absolute atomic E-state index is 2.65. The quantitative estimate of drug-likeness (QED) is 0.233. The van der Waals surface area contributed by atoms with E-state index in [0.717, 1.165) is 12.8 Å². The average molecular weight is 497 g/mol. The van der Waals surface area contributed by atoms with Gasteiger partial charge in [-0.25, -0.2) is 0 Å². The minimum absolute atomic E-state index is 1.11. The summed E-state index contributed by atoms with van der Waals surface area (Å²) in [4.78, 5) is 0. The standard InChI is InChI=1S/C36H36Si/c1-5-20-37(4,29-21-27-14-10-18-33(35(27)23-29)31-16-8-6-12-25(31)2)30-22-28-15-11-19-34(36(28)24-30)32-17-9-7-13-26(32)3/h6-19,23-24H,5,20-22H2,1-4H3. The second-order valence-electron chi connectivity index (χ2n) is 11.2. The molecule has 0 bridgehead atoms. The smallest absolute Gasteiger partial charge is 0.0712 e. The molecule has 37 heavy (non-hydrogen) atoms. The summed E-state index contributed by atoms with van der Waals surface area (Å²) in [6, 6.07) is 32.8. The number of hydrogen-bond donors (Lipinski definition) is 0. The fourth-order valence-electron chi connectivity index (χ4n) is 6.69. The van der Waals surface area contributed by atoms with Gasteiger partial charge in [-0.05, 0) is 82.3 Å². The highest BCUT2D eigenvalue weighted by Crippen LogP contribution is 2.45. The molecule has 0 N–H and O–H groups in total. The number of aryl methyl sites for hydroxylation is 2. The van der Waals surface area contributed by atoms with Gasteiger partial charge < -0.3 is 0 Å². The van der Waals surface area contributed by atoms with Crippen LogP contribution < -0.4 is 0 Å². The van der Waals surface area contributed by atoms with Gasteiger partial charge in [0.15, 0.2) is 0 Å². The van der Waals surface area contributed by atoms with Crippen LogP contribution in [-0.4, -0.2) is 8.07 Å². The lowest BCUT2D eigenvalue weighted by molar-refractivity contribution is 1.03. The van der Waals surface area contributed by atoms with Gasteiger partial charge in [0, 0.05) is 0 Å². The van der Waals surface area contributed by atoms with Crippen molar-refractivity contribution >= 4 is 20.2 Å². The molecule has 4 aromatic carbocycles. The van der Waals surface area contributed by atoms with Crippen LogP contribution in [0.15, 0.2) is 95.3 Å². The lowest BCUT2D eigenvalue weighted by Crippen LogP contribution is -2.36. The van der Waals surface area contributed by atoms with Gasteiger partial charge in [0.25, 0.3) is 0 Å². The number of allylic oxidation sites excluding steroid dienone is 2. The van der Waals surface area contributed by atoms with E-state index >= 15 is 0 Å². The Morgan fingerprint density at radius 3 is 1.43 bits per heavy atom. The Morgan fingerprint density at radius 2 is 1.00 bits per heavy atom. The lowest BCUT2D eigenvalue weighted by Gasteiger charge is -2.31. The Kier molecular flexibility index (Phi) is 6.13. The normalized spacial score (nSPS) is 14.3. The number of fused-ring (bicyclic) bond motifs is 2. The zero-order valence-corrected chi connectivity index (χ0v) is 23.6. The topological polar surface area (TPSA) is 0 Å². The van der Waals surface area contributed by atoms with E-state index in [0.29, 0.717) is 0 Å². The van der Waals surface area contributed by atoms with Crippen molar-refractivity contribution in [2.45, 2.75) is 52.6 Å². The molecule has 0 spiro atoms. The number of benzene rings is 4. The van der Waals surface area contributed by atoms with Gasteiger partial charge >= 0.3 is 0 Å². The van der Waals surface area contributed by atoms with Crippen LogP contribution >= 0.6 is 0 Å². The first kappa shape index (κ1) is 23.9. The maximum Gasteiger partial charge on any atom is 0.106 e. The summed E-state index contributed by atoms with van der Waals surface area (Å²) < 4.78 is 0. The van der Waals surface area contributed by atoms with Crippen LogP contribution in [0.2, 0.25) is 12.6 Å². The summed E-state index contributed by atoms with van der Waals surface area (Å²) in [6.07, 6.45) is 8.65. The molecule has 2 aliphatic rings. The Balaban J connectivity index is 1.44. The summed E-state index contributed by atoms with van der Waals surface area (Å²) in [7, 11) is -1.83. The Hall–Kier alpha value is -3.42. The van der Waals surface area contributed by atoms with Crippen LogP contribution in [0.3, 0.4) is 0 Å². The van der Waals surface area contributed by atoms with Crippen molar-refractivity contribution < 1.29 is 0 Å². The second kappa shape index (κ2) is 9.47. The molecule has 0 amide bonds. The first-order valence-corrected chi connectivity index (χ1v) is 16.5. The summed E-state index contributed by atoms with van der Waals surface area (Å²) in [6.45, 7) is 9.48. The zero-order chi connectivity index (χ0) is 25.6. The molecule has 4 aromatic rings. The van der Waals surface area contributed by atoms with Gasteiger partial charge in [0.05, 0.1) is 0 Å². The summed E-state index contributed by atoms with van der Waals surface area (Å²) in [5.41, 5.74) is 14.1. The Labute approximate surface area is 223 Å². The molecule has 0 aromatic heterocycles. The first-order chi connectivity index (χ1) is 18.0. The molecule has 2 aliphatic carbocycles. The third kappa shape index (κ3) is 4.06. The minimum Gasteiger partial charge on any atom is -0.0712 e. The molecule has 0 aliphatic heterocycles. The van der Waals surface area contributed by atoms with Crippen molar-refractivity contribution in [3.63, 3.8) is 0 Å². The minimum atomic E-state index is -1.83. The van der Waals surface area contributed by atoms with Crippen molar-refractivity contribution in [2.75, 3.05) is 0 Å². The molecular formula is C36H36Si. The van der Waals surface area contributed by atoms with Crippen molar-refractivity contribution in [2.24, 2.45) is 0 Å². The molecule has 0 radical (unpaired) electrons. The monoisotopic (exact) mass is 496 g/mol. The van der Waals surface area contributed by atoms with Crippen LogP contribution in [0.25, 0.3) is 34.4 Å². The number of rotatable bonds is 6. The lowest BCUT2D eigenvalue weighted by atomic mass is 9.94. The van der Waals surface area contributed by atoms with E-state index in [4.69, 9.17) is 0 Å². The van der Waals surface area contributed by atoms with Crippen molar-refractivity contribution in [3.05, 3.63) is 129 Å². The Morgan fingerprint density at radius 1 is 0.568 bits per heavy atom. The van der Waals surface area contributed by atoms with Crippen LogP contribution in [-0.2, 0) is 12.8 Å². The van der Waals surface area contributed by atoms with E-state index in [2.05, 4.69) is 124 Å². The highest BCUT2D eigenvalue weighted by molar-refractivity contribution is 6.93. The molecule has 0 heterocycles. The zero-order valence-electron chi connectivity index (χ0n) is 22.6. The predicted octanol–water partition coefficient (Wildman–Crippen LogP) is 9.78. The van der Waals surface area contributed by atoms with Gasteiger partial charge in [-0.1, -0.05) is 133 Å². The van der Waals surface area contributed by atoms with Crippen LogP contribution in [0, 0.1) is 13.8 Å². The Bertz CT molecular complexity index is 1450.